The van der Waals surface area contributed by atoms with Crippen LogP contribution in [0.1, 0.15) is 36.8 Å². The lowest BCUT2D eigenvalue weighted by Gasteiger charge is -2.34. The molecule has 2 aromatic carbocycles. The number of hydrogen-bond donors (Lipinski definition) is 1. The van der Waals surface area contributed by atoms with Gasteiger partial charge in [-0.15, -0.1) is 0 Å². The summed E-state index contributed by atoms with van der Waals surface area (Å²) < 4.78 is 33.0. The van der Waals surface area contributed by atoms with Gasteiger partial charge in [-0.05, 0) is 68.1 Å². The molecule has 1 atom stereocenters. The Hall–Kier alpha value is -2.38. The summed E-state index contributed by atoms with van der Waals surface area (Å²) in [4.78, 5) is 12.9. The summed E-state index contributed by atoms with van der Waals surface area (Å²) in [5.41, 5.74) is 2.82. The number of rotatable bonds is 6. The minimum Gasteiger partial charge on any atom is -0.497 e. The molecule has 0 aromatic heterocycles. The fourth-order valence-electron chi connectivity index (χ4n) is 3.66. The number of carbonyl (C=O) groups is 1. The Morgan fingerprint density at radius 3 is 2.55 bits per heavy atom. The Morgan fingerprint density at radius 2 is 1.86 bits per heavy atom. The molecular weight excluding hydrogens is 388 g/mol. The summed E-state index contributed by atoms with van der Waals surface area (Å²) >= 11 is 0. The fraction of sp³-hybridized carbons (Fsp3) is 0.409. The van der Waals surface area contributed by atoms with Gasteiger partial charge in [-0.25, -0.2) is 8.42 Å². The molecule has 156 valence electrons. The smallest absolute Gasteiger partial charge is 0.243 e. The van der Waals surface area contributed by atoms with E-state index in [1.54, 1.807) is 31.4 Å². The highest BCUT2D eigenvalue weighted by molar-refractivity contribution is 7.89. The Bertz CT molecular complexity index is 971. The first-order chi connectivity index (χ1) is 13.8. The molecule has 0 aliphatic carbocycles. The van der Waals surface area contributed by atoms with Crippen LogP contribution in [-0.4, -0.2) is 38.3 Å². The van der Waals surface area contributed by atoms with Gasteiger partial charge in [0, 0.05) is 24.7 Å². The van der Waals surface area contributed by atoms with Crippen molar-refractivity contribution in [1.82, 2.24) is 4.31 Å². The Labute approximate surface area is 172 Å². The highest BCUT2D eigenvalue weighted by Gasteiger charge is 2.34. The number of methoxy groups -OCH3 is 1. The molecule has 7 heteroatoms. The first-order valence-corrected chi connectivity index (χ1v) is 11.3. The van der Waals surface area contributed by atoms with Gasteiger partial charge in [0.2, 0.25) is 15.9 Å². The van der Waals surface area contributed by atoms with Crippen LogP contribution in [0.4, 0.5) is 5.69 Å². The Balaban J connectivity index is 1.76. The number of amides is 1. The number of aryl methyl sites for hydroxylation is 2. The van der Waals surface area contributed by atoms with Crippen molar-refractivity contribution in [3.05, 3.63) is 53.6 Å². The summed E-state index contributed by atoms with van der Waals surface area (Å²) in [6.45, 7) is 4.34. The molecule has 0 bridgehead atoms. The molecule has 1 amide bonds. The van der Waals surface area contributed by atoms with Gasteiger partial charge in [-0.1, -0.05) is 18.6 Å². The van der Waals surface area contributed by atoms with E-state index in [9.17, 15) is 13.2 Å². The zero-order valence-corrected chi connectivity index (χ0v) is 18.0. The van der Waals surface area contributed by atoms with E-state index in [2.05, 4.69) is 5.32 Å². The second-order valence-corrected chi connectivity index (χ2v) is 9.40. The maximum absolute atomic E-state index is 13.2. The van der Waals surface area contributed by atoms with Crippen LogP contribution >= 0.6 is 0 Å². The minimum atomic E-state index is -3.67. The third-order valence-electron chi connectivity index (χ3n) is 5.33. The lowest BCUT2D eigenvalue weighted by molar-refractivity contribution is -0.117. The van der Waals surface area contributed by atoms with Gasteiger partial charge in [-0.3, -0.25) is 4.79 Å². The second kappa shape index (κ2) is 8.97. The van der Waals surface area contributed by atoms with Gasteiger partial charge >= 0.3 is 0 Å². The van der Waals surface area contributed by atoms with E-state index in [0.717, 1.165) is 29.7 Å². The molecule has 0 unspecified atom stereocenters. The molecule has 0 saturated carbocycles. The van der Waals surface area contributed by atoms with Crippen LogP contribution in [0.15, 0.2) is 47.4 Å². The normalized spacial score (nSPS) is 17.7. The summed E-state index contributed by atoms with van der Waals surface area (Å²) in [6, 6.07) is 11.9. The number of hydrogen-bond acceptors (Lipinski definition) is 4. The number of nitrogens with zero attached hydrogens (tertiary/aromatic N) is 1. The lowest BCUT2D eigenvalue weighted by Crippen LogP contribution is -2.45. The third kappa shape index (κ3) is 4.97. The molecule has 6 nitrogen and oxygen atoms in total. The Kier molecular flexibility index (Phi) is 6.59. The van der Waals surface area contributed by atoms with Gasteiger partial charge in [0.25, 0.3) is 0 Å². The van der Waals surface area contributed by atoms with E-state index in [4.69, 9.17) is 4.74 Å². The first kappa shape index (κ1) is 21.3. The van der Waals surface area contributed by atoms with E-state index in [-0.39, 0.29) is 23.3 Å². The number of anilines is 1. The molecule has 3 rings (SSSR count). The van der Waals surface area contributed by atoms with Crippen molar-refractivity contribution in [1.29, 1.82) is 0 Å². The van der Waals surface area contributed by atoms with Gasteiger partial charge in [0.15, 0.2) is 0 Å². The Morgan fingerprint density at radius 1 is 1.14 bits per heavy atom. The second-order valence-electron chi connectivity index (χ2n) is 7.51. The van der Waals surface area contributed by atoms with Crippen molar-refractivity contribution < 1.29 is 17.9 Å². The van der Waals surface area contributed by atoms with Crippen molar-refractivity contribution >= 4 is 21.6 Å². The third-order valence-corrected chi connectivity index (χ3v) is 7.29. The van der Waals surface area contributed by atoms with Crippen LogP contribution in [0.2, 0.25) is 0 Å². The molecule has 1 N–H and O–H groups in total. The summed E-state index contributed by atoms with van der Waals surface area (Å²) in [5.74, 6) is 0.438. The largest absolute Gasteiger partial charge is 0.497 e. The van der Waals surface area contributed by atoms with Gasteiger partial charge in [0.1, 0.15) is 5.75 Å². The quantitative estimate of drug-likeness (QED) is 0.775. The van der Waals surface area contributed by atoms with Crippen LogP contribution in [0.3, 0.4) is 0 Å². The molecule has 1 heterocycles. The predicted octanol–water partition coefficient (Wildman–Crippen LogP) is 3.88. The highest BCUT2D eigenvalue weighted by Crippen LogP contribution is 2.28. The zero-order chi connectivity index (χ0) is 21.0. The molecule has 29 heavy (non-hydrogen) atoms. The summed E-state index contributed by atoms with van der Waals surface area (Å²) in [6.07, 6.45) is 2.53. The van der Waals surface area contributed by atoms with Crippen molar-refractivity contribution in [3.8, 4) is 5.75 Å². The monoisotopic (exact) mass is 416 g/mol. The van der Waals surface area contributed by atoms with Crippen molar-refractivity contribution in [2.24, 2.45) is 0 Å². The van der Waals surface area contributed by atoms with E-state index in [1.165, 1.54) is 4.31 Å². The topological polar surface area (TPSA) is 75.7 Å². The number of nitrogens with one attached hydrogen (secondary N) is 1. The molecule has 0 spiro atoms. The number of piperidine rings is 1. The van der Waals surface area contributed by atoms with Crippen LogP contribution in [-0.2, 0) is 14.8 Å². The van der Waals surface area contributed by atoms with Crippen molar-refractivity contribution in [3.63, 3.8) is 0 Å². The number of benzene rings is 2. The average molecular weight is 417 g/mol. The van der Waals surface area contributed by atoms with Crippen LogP contribution in [0.25, 0.3) is 0 Å². The van der Waals surface area contributed by atoms with Gasteiger partial charge < -0.3 is 10.1 Å². The number of carbonyl (C=O) groups excluding carboxylic acids is 1. The molecule has 1 aliphatic heterocycles. The minimum absolute atomic E-state index is 0.142. The van der Waals surface area contributed by atoms with Crippen molar-refractivity contribution in [2.45, 2.75) is 50.5 Å². The van der Waals surface area contributed by atoms with Gasteiger partial charge in [0.05, 0.1) is 12.0 Å². The molecule has 2 aromatic rings. The van der Waals surface area contributed by atoms with Crippen LogP contribution < -0.4 is 10.1 Å². The maximum atomic E-state index is 13.2. The van der Waals surface area contributed by atoms with E-state index in [1.807, 2.05) is 32.0 Å². The van der Waals surface area contributed by atoms with E-state index in [0.29, 0.717) is 18.7 Å². The molecule has 1 saturated heterocycles. The fourth-order valence-corrected chi connectivity index (χ4v) is 5.36. The molecule has 1 aliphatic rings. The molecular formula is C22H28N2O4S. The molecule has 1 fully saturated rings. The summed E-state index contributed by atoms with van der Waals surface area (Å²) in [7, 11) is -2.13. The van der Waals surface area contributed by atoms with E-state index < -0.39 is 10.0 Å². The number of sulfonamides is 1. The van der Waals surface area contributed by atoms with Crippen LogP contribution in [0.5, 0.6) is 5.75 Å². The van der Waals surface area contributed by atoms with Crippen LogP contribution in [0, 0.1) is 13.8 Å². The van der Waals surface area contributed by atoms with Crippen molar-refractivity contribution in [2.75, 3.05) is 19.0 Å². The predicted molar refractivity (Wildman–Crippen MR) is 114 cm³/mol. The molecule has 0 radical (unpaired) electrons. The zero-order valence-electron chi connectivity index (χ0n) is 17.1. The number of ether oxygens (including phenoxy) is 1. The maximum Gasteiger partial charge on any atom is 0.243 e. The summed E-state index contributed by atoms with van der Waals surface area (Å²) in [5, 5.41) is 2.95. The van der Waals surface area contributed by atoms with E-state index >= 15 is 0 Å². The highest BCUT2D eigenvalue weighted by atomic mass is 32.2. The first-order valence-electron chi connectivity index (χ1n) is 9.84. The standard InChI is InChI=1S/C22H28N2O4S/c1-16-7-8-17(2)21(14-16)23-22(25)15-18-6-4-5-13-24(18)29(26,27)20-11-9-19(28-3)10-12-20/h7-12,14,18H,4-6,13,15H2,1-3H3,(H,23,25)/t18-/m0/s1. The average Bonchev–Trinajstić information content (AvgIpc) is 2.71. The SMILES string of the molecule is COc1ccc(S(=O)(=O)N2CCCC[C@H]2CC(=O)Nc2cc(C)ccc2C)cc1. The van der Waals surface area contributed by atoms with Gasteiger partial charge in [-0.2, -0.15) is 4.31 Å². The lowest BCUT2D eigenvalue weighted by atomic mass is 10.0.